The fraction of sp³-hybridized carbons (Fsp3) is 0.158. The van der Waals surface area contributed by atoms with E-state index in [0.29, 0.717) is 22.5 Å². The normalized spacial score (nSPS) is 14.5. The first-order valence-electron chi connectivity index (χ1n) is 7.93. The third kappa shape index (κ3) is 3.06. The average molecular weight is 344 g/mol. The Labute approximate surface area is 150 Å². The maximum Gasteiger partial charge on any atom is 0.273 e. The summed E-state index contributed by atoms with van der Waals surface area (Å²) in [6.45, 7) is 3.63. The van der Waals surface area contributed by atoms with E-state index >= 15 is 0 Å². The summed E-state index contributed by atoms with van der Waals surface area (Å²) in [5.74, 6) is -0.778. The van der Waals surface area contributed by atoms with E-state index in [-0.39, 0.29) is 5.91 Å². The molecule has 0 spiro atoms. The molecule has 1 amide bonds. The number of nitriles is 2. The molecule has 128 valence electrons. The number of aromatic amines is 1. The number of hydrogen-bond acceptors (Lipinski definition) is 5. The highest BCUT2D eigenvalue weighted by Crippen LogP contribution is 2.37. The van der Waals surface area contributed by atoms with Crippen molar-refractivity contribution >= 4 is 11.6 Å². The SMILES string of the molecule is CC1=C(C#N)C(c2cccc(NC(=O)c3cnc[nH]3)c2)C(C#N)=C(C)N1. The van der Waals surface area contributed by atoms with Crippen molar-refractivity contribution < 1.29 is 4.79 Å². The van der Waals surface area contributed by atoms with Crippen LogP contribution in [0.15, 0.2) is 59.3 Å². The summed E-state index contributed by atoms with van der Waals surface area (Å²) in [6.07, 6.45) is 2.87. The molecule has 0 aliphatic carbocycles. The number of nitrogens with one attached hydrogen (secondary N) is 3. The van der Waals surface area contributed by atoms with E-state index in [4.69, 9.17) is 0 Å². The van der Waals surface area contributed by atoms with Crippen molar-refractivity contribution in [3.63, 3.8) is 0 Å². The van der Waals surface area contributed by atoms with E-state index in [1.54, 1.807) is 18.2 Å². The van der Waals surface area contributed by atoms with Crippen molar-refractivity contribution in [3.05, 3.63) is 70.6 Å². The quantitative estimate of drug-likeness (QED) is 0.791. The number of nitrogens with zero attached hydrogens (tertiary/aromatic N) is 3. The first kappa shape index (κ1) is 17.0. The van der Waals surface area contributed by atoms with Crippen molar-refractivity contribution in [1.82, 2.24) is 15.3 Å². The van der Waals surface area contributed by atoms with Crippen LogP contribution in [0.25, 0.3) is 0 Å². The molecule has 0 bridgehead atoms. The van der Waals surface area contributed by atoms with Gasteiger partial charge < -0.3 is 15.6 Å². The molecule has 26 heavy (non-hydrogen) atoms. The highest BCUT2D eigenvalue weighted by molar-refractivity contribution is 6.02. The molecule has 1 aromatic heterocycles. The Morgan fingerprint density at radius 3 is 2.46 bits per heavy atom. The Bertz CT molecular complexity index is 965. The number of carbonyl (C=O) groups is 1. The van der Waals surface area contributed by atoms with Crippen LogP contribution >= 0.6 is 0 Å². The molecular weight excluding hydrogens is 328 g/mol. The Morgan fingerprint density at radius 2 is 1.88 bits per heavy atom. The molecule has 0 saturated carbocycles. The van der Waals surface area contributed by atoms with E-state index in [1.807, 2.05) is 19.9 Å². The van der Waals surface area contributed by atoms with Crippen molar-refractivity contribution in [2.24, 2.45) is 0 Å². The van der Waals surface area contributed by atoms with E-state index < -0.39 is 5.92 Å². The van der Waals surface area contributed by atoms with E-state index in [9.17, 15) is 15.3 Å². The third-order valence-electron chi connectivity index (χ3n) is 4.22. The van der Waals surface area contributed by atoms with Gasteiger partial charge in [-0.15, -0.1) is 0 Å². The van der Waals surface area contributed by atoms with Gasteiger partial charge in [0.15, 0.2) is 0 Å². The van der Waals surface area contributed by atoms with Gasteiger partial charge in [-0.1, -0.05) is 12.1 Å². The number of H-pyrrole nitrogens is 1. The molecule has 2 aromatic rings. The summed E-state index contributed by atoms with van der Waals surface area (Å²) in [7, 11) is 0. The van der Waals surface area contributed by atoms with Crippen LogP contribution in [0.5, 0.6) is 0 Å². The van der Waals surface area contributed by atoms with Crippen LogP contribution < -0.4 is 10.6 Å². The number of carbonyl (C=O) groups excluding carboxylic acids is 1. The fourth-order valence-electron chi connectivity index (χ4n) is 3.00. The van der Waals surface area contributed by atoms with Gasteiger partial charge >= 0.3 is 0 Å². The molecule has 7 nitrogen and oxygen atoms in total. The second-order valence-corrected chi connectivity index (χ2v) is 5.90. The topological polar surface area (TPSA) is 117 Å². The first-order valence-corrected chi connectivity index (χ1v) is 7.93. The number of aromatic nitrogens is 2. The number of dihydropyridines is 1. The van der Waals surface area contributed by atoms with Gasteiger partial charge in [0.05, 0.1) is 41.7 Å². The van der Waals surface area contributed by atoms with Crippen LogP contribution in [0.1, 0.15) is 35.8 Å². The van der Waals surface area contributed by atoms with Crippen molar-refractivity contribution in [1.29, 1.82) is 10.5 Å². The van der Waals surface area contributed by atoms with Crippen LogP contribution in [-0.4, -0.2) is 15.9 Å². The Morgan fingerprint density at radius 1 is 1.19 bits per heavy atom. The van der Waals surface area contributed by atoms with Gasteiger partial charge in [-0.05, 0) is 31.5 Å². The molecule has 0 saturated heterocycles. The Kier molecular flexibility index (Phi) is 4.55. The van der Waals surface area contributed by atoms with Crippen LogP contribution in [-0.2, 0) is 0 Å². The molecule has 0 unspecified atom stereocenters. The molecule has 1 aliphatic heterocycles. The zero-order chi connectivity index (χ0) is 18.7. The molecule has 1 aliphatic rings. The molecule has 3 N–H and O–H groups in total. The second kappa shape index (κ2) is 6.96. The number of amides is 1. The molecule has 1 aromatic carbocycles. The zero-order valence-corrected chi connectivity index (χ0v) is 14.3. The maximum absolute atomic E-state index is 12.2. The minimum Gasteiger partial charge on any atom is -0.361 e. The Balaban J connectivity index is 1.98. The highest BCUT2D eigenvalue weighted by Gasteiger charge is 2.29. The van der Waals surface area contributed by atoms with E-state index in [1.165, 1.54) is 12.5 Å². The summed E-state index contributed by atoms with van der Waals surface area (Å²) in [5.41, 5.74) is 4.11. The number of imidazole rings is 1. The van der Waals surface area contributed by atoms with Gasteiger partial charge in [-0.25, -0.2) is 4.98 Å². The van der Waals surface area contributed by atoms with Crippen molar-refractivity contribution in [2.75, 3.05) is 5.32 Å². The predicted octanol–water partition coefficient (Wildman–Crippen LogP) is 2.94. The van der Waals surface area contributed by atoms with Gasteiger partial charge in [-0.2, -0.15) is 10.5 Å². The van der Waals surface area contributed by atoms with Crippen LogP contribution in [0.2, 0.25) is 0 Å². The first-order chi connectivity index (χ1) is 12.5. The minimum absolute atomic E-state index is 0.315. The van der Waals surface area contributed by atoms with Crippen LogP contribution in [0.3, 0.4) is 0 Å². The summed E-state index contributed by atoms with van der Waals surface area (Å²) >= 11 is 0. The predicted molar refractivity (Wildman–Crippen MR) is 95.5 cm³/mol. The summed E-state index contributed by atoms with van der Waals surface area (Å²) in [6, 6.07) is 11.6. The maximum atomic E-state index is 12.2. The van der Waals surface area contributed by atoms with Crippen LogP contribution in [0, 0.1) is 22.7 Å². The lowest BCUT2D eigenvalue weighted by atomic mass is 9.81. The van der Waals surface area contributed by atoms with Gasteiger partial charge in [0, 0.05) is 17.1 Å². The average Bonchev–Trinajstić information content (AvgIpc) is 3.16. The van der Waals surface area contributed by atoms with E-state index in [2.05, 4.69) is 32.7 Å². The standard InChI is InChI=1S/C19H16N6O/c1-11-15(7-20)18(16(8-21)12(2)24-11)13-4-3-5-14(6-13)25-19(26)17-9-22-10-23-17/h3-6,9-10,18,24H,1-2H3,(H,22,23)(H,25,26). The smallest absolute Gasteiger partial charge is 0.273 e. The van der Waals surface area contributed by atoms with Crippen molar-refractivity contribution in [2.45, 2.75) is 19.8 Å². The number of rotatable bonds is 3. The van der Waals surface area contributed by atoms with Gasteiger partial charge in [-0.3, -0.25) is 4.79 Å². The molecular formula is C19H16N6O. The molecule has 0 radical (unpaired) electrons. The number of hydrogen-bond donors (Lipinski definition) is 3. The Hall–Kier alpha value is -3.84. The molecule has 7 heteroatoms. The zero-order valence-electron chi connectivity index (χ0n) is 14.3. The lowest BCUT2D eigenvalue weighted by molar-refractivity contribution is 0.102. The van der Waals surface area contributed by atoms with E-state index in [0.717, 1.165) is 17.0 Å². The largest absolute Gasteiger partial charge is 0.361 e. The molecule has 0 fully saturated rings. The lowest BCUT2D eigenvalue weighted by Gasteiger charge is -2.26. The van der Waals surface area contributed by atoms with Gasteiger partial charge in [0.1, 0.15) is 5.69 Å². The summed E-state index contributed by atoms with van der Waals surface area (Å²) in [5, 5.41) is 25.0. The monoisotopic (exact) mass is 344 g/mol. The molecule has 0 atom stereocenters. The second-order valence-electron chi connectivity index (χ2n) is 5.90. The highest BCUT2D eigenvalue weighted by atomic mass is 16.1. The summed E-state index contributed by atoms with van der Waals surface area (Å²) in [4.78, 5) is 18.8. The van der Waals surface area contributed by atoms with Crippen molar-refractivity contribution in [3.8, 4) is 12.1 Å². The lowest BCUT2D eigenvalue weighted by Crippen LogP contribution is -2.23. The van der Waals surface area contributed by atoms with Gasteiger partial charge in [0.25, 0.3) is 5.91 Å². The number of benzene rings is 1. The minimum atomic E-state index is -0.463. The molecule has 2 heterocycles. The third-order valence-corrected chi connectivity index (χ3v) is 4.22. The number of allylic oxidation sites excluding steroid dienone is 4. The number of anilines is 1. The van der Waals surface area contributed by atoms with Gasteiger partial charge in [0.2, 0.25) is 0 Å². The molecule has 3 rings (SSSR count). The van der Waals surface area contributed by atoms with Crippen LogP contribution in [0.4, 0.5) is 5.69 Å². The summed E-state index contributed by atoms with van der Waals surface area (Å²) < 4.78 is 0. The fourth-order valence-corrected chi connectivity index (χ4v) is 3.00.